The van der Waals surface area contributed by atoms with E-state index in [4.69, 9.17) is 0 Å². The summed E-state index contributed by atoms with van der Waals surface area (Å²) in [7, 11) is 0. The van der Waals surface area contributed by atoms with Crippen molar-refractivity contribution in [2.45, 2.75) is 12.5 Å². The Balaban J connectivity index is 1.54. The molecule has 1 aromatic carbocycles. The molecule has 0 spiro atoms. The second kappa shape index (κ2) is 9.08. The summed E-state index contributed by atoms with van der Waals surface area (Å²) in [5, 5.41) is 6.44. The number of benzene rings is 1. The summed E-state index contributed by atoms with van der Waals surface area (Å²) in [5.41, 5.74) is -0.493. The van der Waals surface area contributed by atoms with Crippen LogP contribution in [-0.2, 0) is 6.18 Å². The molecule has 13 heteroatoms. The summed E-state index contributed by atoms with van der Waals surface area (Å²) in [6.45, 7) is 0. The van der Waals surface area contributed by atoms with Gasteiger partial charge in [-0.2, -0.15) is 18.3 Å². The lowest BCUT2D eigenvalue weighted by Crippen LogP contribution is -2.17. The van der Waals surface area contributed by atoms with Crippen LogP contribution >= 0.6 is 0 Å². The summed E-state index contributed by atoms with van der Waals surface area (Å²) in [6, 6.07) is 10.8. The van der Waals surface area contributed by atoms with Gasteiger partial charge in [-0.1, -0.05) is 0 Å². The van der Waals surface area contributed by atoms with Crippen molar-refractivity contribution in [3.05, 3.63) is 84.4 Å². The largest absolute Gasteiger partial charge is 0.573 e. The zero-order chi connectivity index (χ0) is 25.2. The Morgan fingerprint density at radius 3 is 2.26 bits per heavy atom. The fourth-order valence-electron chi connectivity index (χ4n) is 3.00. The van der Waals surface area contributed by atoms with Crippen LogP contribution in [0.5, 0.6) is 5.75 Å². The van der Waals surface area contributed by atoms with Gasteiger partial charge in [0.25, 0.3) is 5.91 Å². The molecule has 0 bridgehead atoms. The molecular formula is C22H13F6N5O2. The number of halogens is 6. The van der Waals surface area contributed by atoms with Gasteiger partial charge in [-0.25, -0.2) is 9.67 Å². The highest BCUT2D eigenvalue weighted by Gasteiger charge is 2.37. The monoisotopic (exact) mass is 493 g/mol. The quantitative estimate of drug-likeness (QED) is 0.372. The van der Waals surface area contributed by atoms with Crippen LogP contribution in [0.1, 0.15) is 16.1 Å². The van der Waals surface area contributed by atoms with Crippen LogP contribution < -0.4 is 10.1 Å². The fraction of sp³-hybridized carbons (Fsp3) is 0.0909. The van der Waals surface area contributed by atoms with E-state index in [1.54, 1.807) is 12.1 Å². The molecule has 180 valence electrons. The summed E-state index contributed by atoms with van der Waals surface area (Å²) in [4.78, 5) is 20.2. The predicted molar refractivity (Wildman–Crippen MR) is 111 cm³/mol. The first-order valence-corrected chi connectivity index (χ1v) is 9.71. The summed E-state index contributed by atoms with van der Waals surface area (Å²) >= 11 is 0. The van der Waals surface area contributed by atoms with Crippen molar-refractivity contribution < 1.29 is 35.9 Å². The number of amides is 1. The minimum atomic E-state index is -4.85. The van der Waals surface area contributed by atoms with Gasteiger partial charge in [0.15, 0.2) is 11.5 Å². The predicted octanol–water partition coefficient (Wildman–Crippen LogP) is 5.50. The number of carbonyl (C=O) groups is 1. The van der Waals surface area contributed by atoms with E-state index in [2.05, 4.69) is 25.1 Å². The van der Waals surface area contributed by atoms with Gasteiger partial charge in [-0.05, 0) is 54.6 Å². The maximum Gasteiger partial charge on any atom is 0.573 e. The maximum absolute atomic E-state index is 13.6. The van der Waals surface area contributed by atoms with Gasteiger partial charge in [0.2, 0.25) is 0 Å². The fourth-order valence-corrected chi connectivity index (χ4v) is 3.00. The Morgan fingerprint density at radius 2 is 1.69 bits per heavy atom. The number of alkyl halides is 6. The van der Waals surface area contributed by atoms with Gasteiger partial charge < -0.3 is 10.1 Å². The van der Waals surface area contributed by atoms with Gasteiger partial charge >= 0.3 is 12.5 Å². The number of aromatic nitrogens is 4. The molecule has 0 fully saturated rings. The first kappa shape index (κ1) is 23.7. The van der Waals surface area contributed by atoms with E-state index in [-0.39, 0.29) is 22.8 Å². The van der Waals surface area contributed by atoms with Crippen molar-refractivity contribution in [1.82, 2.24) is 19.7 Å². The topological polar surface area (TPSA) is 81.9 Å². The van der Waals surface area contributed by atoms with Crippen molar-refractivity contribution in [2.24, 2.45) is 0 Å². The molecule has 1 amide bonds. The molecule has 3 heterocycles. The zero-order valence-corrected chi connectivity index (χ0v) is 17.3. The van der Waals surface area contributed by atoms with E-state index >= 15 is 0 Å². The van der Waals surface area contributed by atoms with Crippen molar-refractivity contribution in [2.75, 3.05) is 5.32 Å². The van der Waals surface area contributed by atoms with Gasteiger partial charge in [-0.3, -0.25) is 9.78 Å². The van der Waals surface area contributed by atoms with Crippen LogP contribution in [-0.4, -0.2) is 32.0 Å². The SMILES string of the molecule is O=C(Nc1ccc(OC(F)(F)F)cc1)c1ccc(-n2nc(-c3cccnc3)cc2C(F)(F)F)nc1. The third kappa shape index (κ3) is 5.75. The third-order valence-electron chi connectivity index (χ3n) is 4.53. The van der Waals surface area contributed by atoms with Crippen LogP contribution in [0.15, 0.2) is 73.2 Å². The lowest BCUT2D eigenvalue weighted by atomic mass is 10.2. The summed E-state index contributed by atoms with van der Waals surface area (Å²) in [6.07, 6.45) is -5.68. The summed E-state index contributed by atoms with van der Waals surface area (Å²) in [5.74, 6) is -1.33. The number of pyridine rings is 2. The van der Waals surface area contributed by atoms with Gasteiger partial charge in [-0.15, -0.1) is 13.2 Å². The highest BCUT2D eigenvalue weighted by Crippen LogP contribution is 2.33. The van der Waals surface area contributed by atoms with Gasteiger partial charge in [0, 0.05) is 29.8 Å². The molecule has 0 aliphatic rings. The molecule has 0 unspecified atom stereocenters. The maximum atomic E-state index is 13.6. The molecule has 7 nitrogen and oxygen atoms in total. The highest BCUT2D eigenvalue weighted by atomic mass is 19.4. The molecule has 3 aromatic heterocycles. The number of hydrogen-bond acceptors (Lipinski definition) is 5. The van der Waals surface area contributed by atoms with Crippen LogP contribution in [0.25, 0.3) is 17.1 Å². The number of carbonyl (C=O) groups excluding carboxylic acids is 1. The molecule has 0 aliphatic carbocycles. The lowest BCUT2D eigenvalue weighted by molar-refractivity contribution is -0.274. The first-order valence-electron chi connectivity index (χ1n) is 9.71. The van der Waals surface area contributed by atoms with E-state index in [1.807, 2.05) is 0 Å². The van der Waals surface area contributed by atoms with Crippen LogP contribution in [0, 0.1) is 0 Å². The standard InChI is InChI=1S/C22H13F6N5O2/c23-21(24,25)18-10-17(13-2-1-9-29-11-13)32-33(18)19-8-3-14(12-30-19)20(34)31-15-4-6-16(7-5-15)35-22(26,27)28/h1-12H,(H,31,34). The average molecular weight is 493 g/mol. The Kier molecular flexibility index (Phi) is 6.16. The second-order valence-electron chi connectivity index (χ2n) is 7.00. The molecule has 0 saturated carbocycles. The Hall–Kier alpha value is -4.42. The zero-order valence-electron chi connectivity index (χ0n) is 17.3. The number of anilines is 1. The Bertz CT molecular complexity index is 1320. The molecule has 4 aromatic rings. The number of rotatable bonds is 5. The highest BCUT2D eigenvalue weighted by molar-refractivity contribution is 6.04. The van der Waals surface area contributed by atoms with Crippen LogP contribution in [0.3, 0.4) is 0 Å². The van der Waals surface area contributed by atoms with Gasteiger partial charge in [0.1, 0.15) is 5.75 Å². The molecule has 35 heavy (non-hydrogen) atoms. The number of nitrogens with zero attached hydrogens (tertiary/aromatic N) is 4. The molecule has 0 aliphatic heterocycles. The van der Waals surface area contributed by atoms with Crippen LogP contribution in [0.4, 0.5) is 32.0 Å². The third-order valence-corrected chi connectivity index (χ3v) is 4.53. The molecule has 0 saturated heterocycles. The first-order chi connectivity index (χ1) is 16.5. The van der Waals surface area contributed by atoms with E-state index in [0.717, 1.165) is 24.4 Å². The minimum absolute atomic E-state index is 0.00225. The van der Waals surface area contributed by atoms with E-state index < -0.39 is 29.9 Å². The molecule has 0 atom stereocenters. The van der Waals surface area contributed by atoms with Crippen molar-refractivity contribution in [3.8, 4) is 22.8 Å². The Morgan fingerprint density at radius 1 is 0.943 bits per heavy atom. The number of nitrogens with one attached hydrogen (secondary N) is 1. The molecular weight excluding hydrogens is 480 g/mol. The summed E-state index contributed by atoms with van der Waals surface area (Å²) < 4.78 is 81.9. The average Bonchev–Trinajstić information content (AvgIpc) is 3.26. The van der Waals surface area contributed by atoms with Crippen molar-refractivity contribution >= 4 is 11.6 Å². The van der Waals surface area contributed by atoms with E-state index in [9.17, 15) is 31.1 Å². The minimum Gasteiger partial charge on any atom is -0.406 e. The van der Waals surface area contributed by atoms with Crippen LogP contribution in [0.2, 0.25) is 0 Å². The van der Waals surface area contributed by atoms with Gasteiger partial charge in [0.05, 0.1) is 11.3 Å². The molecule has 0 radical (unpaired) electrons. The number of hydrogen-bond donors (Lipinski definition) is 1. The molecule has 4 rings (SSSR count). The van der Waals surface area contributed by atoms with E-state index in [1.165, 1.54) is 36.7 Å². The number of ether oxygens (including phenoxy) is 1. The van der Waals surface area contributed by atoms with E-state index in [0.29, 0.717) is 10.2 Å². The second-order valence-corrected chi connectivity index (χ2v) is 7.00. The Labute approximate surface area is 193 Å². The van der Waals surface area contributed by atoms with Crippen molar-refractivity contribution in [1.29, 1.82) is 0 Å². The lowest BCUT2D eigenvalue weighted by Gasteiger charge is -2.11. The smallest absolute Gasteiger partial charge is 0.406 e. The molecule has 1 N–H and O–H groups in total. The van der Waals surface area contributed by atoms with Crippen molar-refractivity contribution in [3.63, 3.8) is 0 Å². The normalized spacial score (nSPS) is 11.8.